The second-order valence-corrected chi connectivity index (χ2v) is 7.12. The number of methoxy groups -OCH3 is 1. The van der Waals surface area contributed by atoms with E-state index in [9.17, 15) is 4.79 Å². The van der Waals surface area contributed by atoms with E-state index in [1.54, 1.807) is 18.4 Å². The molecule has 0 saturated carbocycles. The molecule has 2 fully saturated rings. The quantitative estimate of drug-likeness (QED) is 0.942. The van der Waals surface area contributed by atoms with Crippen LogP contribution in [0.25, 0.3) is 10.1 Å². The van der Waals surface area contributed by atoms with Gasteiger partial charge in [0.25, 0.3) is 5.91 Å². The Morgan fingerprint density at radius 1 is 1.50 bits per heavy atom. The van der Waals surface area contributed by atoms with E-state index in [0.717, 1.165) is 29.0 Å². The summed E-state index contributed by atoms with van der Waals surface area (Å²) in [6, 6.07) is 4.07. The van der Waals surface area contributed by atoms with Crippen molar-refractivity contribution in [2.24, 2.45) is 5.92 Å². The molecule has 0 radical (unpaired) electrons. The van der Waals surface area contributed by atoms with Crippen LogP contribution in [0, 0.1) is 5.92 Å². The van der Waals surface area contributed by atoms with E-state index in [-0.39, 0.29) is 11.9 Å². The van der Waals surface area contributed by atoms with Crippen molar-refractivity contribution in [3.8, 4) is 5.88 Å². The topological polar surface area (TPSA) is 54.5 Å². The zero-order chi connectivity index (χ0) is 15.1. The average Bonchev–Trinajstić information content (AvgIpc) is 3.12. The van der Waals surface area contributed by atoms with Gasteiger partial charge < -0.3 is 15.0 Å². The van der Waals surface area contributed by atoms with Crippen LogP contribution in [0.4, 0.5) is 0 Å². The second kappa shape index (κ2) is 5.52. The molecular formula is C16H19N3O2S. The van der Waals surface area contributed by atoms with Crippen molar-refractivity contribution in [3.63, 3.8) is 0 Å². The Hall–Kier alpha value is -1.66. The van der Waals surface area contributed by atoms with Gasteiger partial charge in [-0.25, -0.2) is 4.98 Å². The number of thiophene rings is 1. The highest BCUT2D eigenvalue weighted by Gasteiger charge is 2.33. The molecule has 5 nitrogen and oxygen atoms in total. The molecule has 3 atom stereocenters. The first kappa shape index (κ1) is 14.0. The number of pyridine rings is 1. The average molecular weight is 317 g/mol. The minimum atomic E-state index is -0.0962. The van der Waals surface area contributed by atoms with E-state index in [4.69, 9.17) is 4.74 Å². The third-order valence-corrected chi connectivity index (χ3v) is 5.51. The van der Waals surface area contributed by atoms with Crippen molar-refractivity contribution in [2.75, 3.05) is 26.7 Å². The van der Waals surface area contributed by atoms with E-state index in [1.807, 2.05) is 17.5 Å². The van der Waals surface area contributed by atoms with E-state index >= 15 is 0 Å². The maximum absolute atomic E-state index is 12.5. The summed E-state index contributed by atoms with van der Waals surface area (Å²) >= 11 is 1.60. The molecule has 2 aliphatic rings. The van der Waals surface area contributed by atoms with Crippen LogP contribution in [0.5, 0.6) is 5.88 Å². The predicted octanol–water partition coefficient (Wildman–Crippen LogP) is 2.13. The number of piperidine rings is 1. The molecule has 2 aromatic rings. The smallest absolute Gasteiger partial charge is 0.270 e. The van der Waals surface area contributed by atoms with Gasteiger partial charge in [0.15, 0.2) is 0 Å². The molecule has 116 valence electrons. The van der Waals surface area contributed by atoms with Gasteiger partial charge in [-0.05, 0) is 42.8 Å². The molecule has 0 aliphatic carbocycles. The lowest BCUT2D eigenvalue weighted by Crippen LogP contribution is -2.47. The number of aromatic nitrogens is 1. The number of nitrogens with zero attached hydrogens (tertiary/aromatic N) is 2. The SMILES string of the molecule is COc1nc(C(=O)N[C@@H]2C[C@H]3CCN(C3)C2)cc2sccc12. The summed E-state index contributed by atoms with van der Waals surface area (Å²) in [4.78, 5) is 19.3. The summed E-state index contributed by atoms with van der Waals surface area (Å²) < 4.78 is 6.35. The van der Waals surface area contributed by atoms with E-state index < -0.39 is 0 Å². The summed E-state index contributed by atoms with van der Waals surface area (Å²) in [7, 11) is 1.59. The van der Waals surface area contributed by atoms with Crippen LogP contribution in [0.1, 0.15) is 23.3 Å². The molecule has 2 bridgehead atoms. The van der Waals surface area contributed by atoms with Crippen molar-refractivity contribution in [3.05, 3.63) is 23.2 Å². The number of fused-ring (bicyclic) bond motifs is 3. The first-order chi connectivity index (χ1) is 10.7. The van der Waals surface area contributed by atoms with Gasteiger partial charge >= 0.3 is 0 Å². The molecule has 6 heteroatoms. The minimum absolute atomic E-state index is 0.0962. The van der Waals surface area contributed by atoms with Crippen LogP contribution in [0.3, 0.4) is 0 Å². The van der Waals surface area contributed by atoms with E-state index in [1.165, 1.54) is 19.5 Å². The molecule has 0 spiro atoms. The number of nitrogens with one attached hydrogen (secondary N) is 1. The largest absolute Gasteiger partial charge is 0.481 e. The Morgan fingerprint density at radius 2 is 2.41 bits per heavy atom. The van der Waals surface area contributed by atoms with Gasteiger partial charge in [0.1, 0.15) is 5.69 Å². The summed E-state index contributed by atoms with van der Waals surface area (Å²) in [5, 5.41) is 6.10. The van der Waals surface area contributed by atoms with Gasteiger partial charge in [-0.1, -0.05) is 0 Å². The molecule has 22 heavy (non-hydrogen) atoms. The fourth-order valence-electron chi connectivity index (χ4n) is 3.63. The van der Waals surface area contributed by atoms with E-state index in [2.05, 4.69) is 15.2 Å². The van der Waals surface area contributed by atoms with Gasteiger partial charge in [-0.2, -0.15) is 0 Å². The van der Waals surface area contributed by atoms with E-state index in [0.29, 0.717) is 11.6 Å². The van der Waals surface area contributed by atoms with Crippen molar-refractivity contribution < 1.29 is 9.53 Å². The Labute approximate surface area is 133 Å². The van der Waals surface area contributed by atoms with Crippen LogP contribution in [0.15, 0.2) is 17.5 Å². The van der Waals surface area contributed by atoms with Crippen molar-refractivity contribution in [1.29, 1.82) is 0 Å². The normalized spacial score (nSPS) is 27.0. The van der Waals surface area contributed by atoms with Gasteiger partial charge in [0.2, 0.25) is 5.88 Å². The standard InChI is InChI=1S/C16H19N3O2S/c1-21-16-12-3-5-22-14(12)7-13(18-16)15(20)17-11-6-10-2-4-19(8-10)9-11/h3,5,7,10-11H,2,4,6,8-9H2,1H3,(H,17,20)/t10-,11-/m1/s1. The lowest BCUT2D eigenvalue weighted by atomic mass is 9.97. The summed E-state index contributed by atoms with van der Waals surface area (Å²) in [6.45, 7) is 3.32. The maximum Gasteiger partial charge on any atom is 0.270 e. The predicted molar refractivity (Wildman–Crippen MR) is 86.6 cm³/mol. The molecule has 2 aliphatic heterocycles. The van der Waals surface area contributed by atoms with Crippen LogP contribution in [-0.4, -0.2) is 48.6 Å². The van der Waals surface area contributed by atoms with Crippen LogP contribution in [0.2, 0.25) is 0 Å². The maximum atomic E-state index is 12.5. The fourth-order valence-corrected chi connectivity index (χ4v) is 4.44. The molecule has 2 saturated heterocycles. The van der Waals surface area contributed by atoms with Crippen molar-refractivity contribution >= 4 is 27.3 Å². The molecule has 1 unspecified atom stereocenters. The Morgan fingerprint density at radius 3 is 3.23 bits per heavy atom. The van der Waals surface area contributed by atoms with Crippen molar-refractivity contribution in [2.45, 2.75) is 18.9 Å². The molecule has 2 aromatic heterocycles. The first-order valence-corrected chi connectivity index (χ1v) is 8.56. The molecule has 1 amide bonds. The third-order valence-electron chi connectivity index (χ3n) is 4.64. The Bertz CT molecular complexity index is 702. The van der Waals surface area contributed by atoms with Gasteiger partial charge in [-0.3, -0.25) is 4.79 Å². The molecule has 4 heterocycles. The van der Waals surface area contributed by atoms with Gasteiger partial charge in [-0.15, -0.1) is 11.3 Å². The number of rotatable bonds is 3. The number of hydrogen-bond acceptors (Lipinski definition) is 5. The molecule has 0 aromatic carbocycles. The number of ether oxygens (including phenoxy) is 1. The van der Waals surface area contributed by atoms with Crippen molar-refractivity contribution in [1.82, 2.24) is 15.2 Å². The number of carbonyl (C=O) groups is 1. The van der Waals surface area contributed by atoms with Gasteiger partial charge in [0.05, 0.1) is 12.5 Å². The Kier molecular flexibility index (Phi) is 3.50. The van der Waals surface area contributed by atoms with Gasteiger partial charge in [0, 0.05) is 23.8 Å². The highest BCUT2D eigenvalue weighted by Crippen LogP contribution is 2.29. The number of hydrogen-bond donors (Lipinski definition) is 1. The lowest BCUT2D eigenvalue weighted by Gasteiger charge is -2.30. The highest BCUT2D eigenvalue weighted by molar-refractivity contribution is 7.17. The summed E-state index contributed by atoms with van der Waals surface area (Å²) in [5.41, 5.74) is 0.444. The molecule has 4 rings (SSSR count). The molecular weight excluding hydrogens is 298 g/mol. The van der Waals surface area contributed by atoms with Crippen LogP contribution >= 0.6 is 11.3 Å². The summed E-state index contributed by atoms with van der Waals surface area (Å²) in [6.07, 6.45) is 2.35. The highest BCUT2D eigenvalue weighted by atomic mass is 32.1. The minimum Gasteiger partial charge on any atom is -0.481 e. The van der Waals surface area contributed by atoms with Crippen LogP contribution < -0.4 is 10.1 Å². The second-order valence-electron chi connectivity index (χ2n) is 6.17. The number of carbonyl (C=O) groups excluding carboxylic acids is 1. The first-order valence-electron chi connectivity index (χ1n) is 7.68. The molecule has 1 N–H and O–H groups in total. The fraction of sp³-hybridized carbons (Fsp3) is 0.500. The van der Waals surface area contributed by atoms with Crippen LogP contribution in [-0.2, 0) is 0 Å². The zero-order valence-corrected chi connectivity index (χ0v) is 13.4. The lowest BCUT2D eigenvalue weighted by molar-refractivity contribution is 0.0903. The zero-order valence-electron chi connectivity index (χ0n) is 12.5. The number of amides is 1. The summed E-state index contributed by atoms with van der Waals surface area (Å²) in [5.74, 6) is 1.17. The third kappa shape index (κ3) is 2.46. The monoisotopic (exact) mass is 317 g/mol. The Balaban J connectivity index is 1.55.